The second kappa shape index (κ2) is 13.7. The Hall–Kier alpha value is -2.70. The lowest BCUT2D eigenvalue weighted by Crippen LogP contribution is -2.40. The fourth-order valence-electron chi connectivity index (χ4n) is 5.59. The minimum absolute atomic E-state index is 0.0249. The third-order valence-electron chi connectivity index (χ3n) is 7.83. The van der Waals surface area contributed by atoms with Crippen LogP contribution >= 0.6 is 0 Å². The first-order valence-corrected chi connectivity index (χ1v) is 14.0. The van der Waals surface area contributed by atoms with E-state index in [0.717, 1.165) is 76.2 Å². The largest absolute Gasteiger partial charge is 0.381 e. The Morgan fingerprint density at radius 1 is 0.946 bits per heavy atom. The molecule has 2 heterocycles. The summed E-state index contributed by atoms with van der Waals surface area (Å²) in [5.41, 5.74) is 3.94. The van der Waals surface area contributed by atoms with Crippen molar-refractivity contribution in [1.29, 1.82) is 0 Å². The molecule has 0 aliphatic carbocycles. The van der Waals surface area contributed by atoms with Gasteiger partial charge in [-0.2, -0.15) is 0 Å². The summed E-state index contributed by atoms with van der Waals surface area (Å²) in [6.07, 6.45) is 8.65. The summed E-state index contributed by atoms with van der Waals surface area (Å²) in [6, 6.07) is 16.7. The number of benzene rings is 2. The maximum atomic E-state index is 13.4. The van der Waals surface area contributed by atoms with E-state index in [-0.39, 0.29) is 11.8 Å². The molecule has 0 aromatic heterocycles. The van der Waals surface area contributed by atoms with Gasteiger partial charge in [0.25, 0.3) is 5.91 Å². The Bertz CT molecular complexity index is 1020. The van der Waals surface area contributed by atoms with Gasteiger partial charge in [0.05, 0.1) is 0 Å². The molecule has 2 aromatic rings. The summed E-state index contributed by atoms with van der Waals surface area (Å²) >= 11 is 0. The Labute approximate surface area is 222 Å². The molecule has 0 saturated carbocycles. The molecule has 0 atom stereocenters. The van der Waals surface area contributed by atoms with Crippen LogP contribution in [0, 0.1) is 0 Å². The van der Waals surface area contributed by atoms with E-state index in [1.165, 1.54) is 24.8 Å². The predicted octanol–water partition coefficient (Wildman–Crippen LogP) is 5.30. The number of anilines is 1. The Morgan fingerprint density at radius 3 is 2.38 bits per heavy atom. The van der Waals surface area contributed by atoms with Gasteiger partial charge >= 0.3 is 0 Å². The van der Waals surface area contributed by atoms with Crippen LogP contribution in [0.3, 0.4) is 0 Å². The SMILES string of the molecule is CC(=O)N1CCCCCCCN(C2CCOCC2)Cc2cc(C(=O)N(C)CCc3ccccc3)ccc21. The van der Waals surface area contributed by atoms with Crippen molar-refractivity contribution in [3.05, 3.63) is 65.2 Å². The first-order chi connectivity index (χ1) is 18.0. The molecule has 0 unspecified atom stereocenters. The smallest absolute Gasteiger partial charge is 0.253 e. The lowest BCUT2D eigenvalue weighted by atomic mass is 10.0. The molecule has 1 fully saturated rings. The van der Waals surface area contributed by atoms with Crippen LogP contribution < -0.4 is 4.90 Å². The van der Waals surface area contributed by atoms with Crippen LogP contribution in [0.2, 0.25) is 0 Å². The number of carbonyl (C=O) groups excluding carboxylic acids is 2. The predicted molar refractivity (Wildman–Crippen MR) is 149 cm³/mol. The van der Waals surface area contributed by atoms with Gasteiger partial charge in [0.15, 0.2) is 0 Å². The van der Waals surface area contributed by atoms with Crippen LogP contribution in [0.25, 0.3) is 0 Å². The molecule has 4 rings (SSSR count). The highest BCUT2D eigenvalue weighted by atomic mass is 16.5. The van der Waals surface area contributed by atoms with Crippen molar-refractivity contribution in [1.82, 2.24) is 9.80 Å². The first kappa shape index (κ1) is 27.3. The number of fused-ring (bicyclic) bond motifs is 1. The number of rotatable bonds is 5. The van der Waals surface area contributed by atoms with Crippen molar-refractivity contribution in [3.63, 3.8) is 0 Å². The molecule has 2 aliphatic rings. The molecule has 6 nitrogen and oxygen atoms in total. The van der Waals surface area contributed by atoms with Crippen molar-refractivity contribution in [2.75, 3.05) is 44.8 Å². The Morgan fingerprint density at radius 2 is 1.65 bits per heavy atom. The number of ether oxygens (including phenoxy) is 1. The van der Waals surface area contributed by atoms with Crippen LogP contribution in [-0.4, -0.2) is 67.6 Å². The van der Waals surface area contributed by atoms with Gasteiger partial charge in [0.2, 0.25) is 5.91 Å². The maximum absolute atomic E-state index is 13.4. The molecular weight excluding hydrogens is 462 g/mol. The Balaban J connectivity index is 1.60. The van der Waals surface area contributed by atoms with Gasteiger partial charge < -0.3 is 14.5 Å². The lowest BCUT2D eigenvalue weighted by Gasteiger charge is -2.36. The number of nitrogens with zero attached hydrogens (tertiary/aromatic N) is 3. The van der Waals surface area contributed by atoms with Gasteiger partial charge in [-0.3, -0.25) is 14.5 Å². The minimum atomic E-state index is 0.0249. The maximum Gasteiger partial charge on any atom is 0.253 e. The zero-order valence-electron chi connectivity index (χ0n) is 22.7. The van der Waals surface area contributed by atoms with Gasteiger partial charge in [-0.05, 0) is 68.0 Å². The summed E-state index contributed by atoms with van der Waals surface area (Å²) in [5, 5.41) is 0. The van der Waals surface area contributed by atoms with Gasteiger partial charge in [0, 0.05) is 64.1 Å². The van der Waals surface area contributed by atoms with Crippen molar-refractivity contribution in [3.8, 4) is 0 Å². The van der Waals surface area contributed by atoms with Crippen molar-refractivity contribution in [2.45, 2.75) is 70.9 Å². The van der Waals surface area contributed by atoms with Crippen LogP contribution in [0.1, 0.15) is 73.4 Å². The number of likely N-dealkylation sites (N-methyl/N-ethyl adjacent to an activating group) is 1. The van der Waals surface area contributed by atoms with E-state index in [9.17, 15) is 9.59 Å². The molecule has 37 heavy (non-hydrogen) atoms. The number of hydrogen-bond donors (Lipinski definition) is 0. The molecular formula is C31H43N3O3. The quantitative estimate of drug-likeness (QED) is 0.553. The van der Waals surface area contributed by atoms with Gasteiger partial charge in [-0.15, -0.1) is 0 Å². The average Bonchev–Trinajstić information content (AvgIpc) is 2.92. The molecule has 0 bridgehead atoms. The fraction of sp³-hybridized carbons (Fsp3) is 0.548. The molecule has 2 aromatic carbocycles. The van der Waals surface area contributed by atoms with Gasteiger partial charge in [-0.25, -0.2) is 0 Å². The van der Waals surface area contributed by atoms with E-state index in [1.54, 1.807) is 6.92 Å². The minimum Gasteiger partial charge on any atom is -0.381 e. The number of carbonyl (C=O) groups is 2. The average molecular weight is 506 g/mol. The number of amides is 2. The van der Waals surface area contributed by atoms with E-state index < -0.39 is 0 Å². The van der Waals surface area contributed by atoms with E-state index in [2.05, 4.69) is 17.0 Å². The van der Waals surface area contributed by atoms with E-state index in [1.807, 2.05) is 53.2 Å². The van der Waals surface area contributed by atoms with Crippen molar-refractivity contribution in [2.24, 2.45) is 0 Å². The molecule has 0 spiro atoms. The highest BCUT2D eigenvalue weighted by Gasteiger charge is 2.25. The summed E-state index contributed by atoms with van der Waals surface area (Å²) in [7, 11) is 1.88. The van der Waals surface area contributed by atoms with Gasteiger partial charge in [-0.1, -0.05) is 49.6 Å². The molecule has 200 valence electrons. The van der Waals surface area contributed by atoms with E-state index in [4.69, 9.17) is 4.74 Å². The highest BCUT2D eigenvalue weighted by Crippen LogP contribution is 2.28. The van der Waals surface area contributed by atoms with Crippen LogP contribution in [0.5, 0.6) is 0 Å². The molecule has 0 N–H and O–H groups in total. The van der Waals surface area contributed by atoms with Crippen LogP contribution in [0.15, 0.2) is 48.5 Å². The molecule has 1 saturated heterocycles. The van der Waals surface area contributed by atoms with Crippen molar-refractivity contribution >= 4 is 17.5 Å². The fourth-order valence-corrected chi connectivity index (χ4v) is 5.59. The van der Waals surface area contributed by atoms with Crippen molar-refractivity contribution < 1.29 is 14.3 Å². The summed E-state index contributed by atoms with van der Waals surface area (Å²) in [4.78, 5) is 32.5. The second-order valence-electron chi connectivity index (χ2n) is 10.6. The first-order valence-electron chi connectivity index (χ1n) is 14.0. The van der Waals surface area contributed by atoms with E-state index in [0.29, 0.717) is 18.2 Å². The second-order valence-corrected chi connectivity index (χ2v) is 10.6. The normalized spacial score (nSPS) is 18.4. The van der Waals surface area contributed by atoms with Crippen LogP contribution in [-0.2, 0) is 22.5 Å². The zero-order chi connectivity index (χ0) is 26.0. The van der Waals surface area contributed by atoms with Gasteiger partial charge in [0.1, 0.15) is 0 Å². The highest BCUT2D eigenvalue weighted by molar-refractivity contribution is 5.97. The summed E-state index contributed by atoms with van der Waals surface area (Å²) < 4.78 is 5.65. The topological polar surface area (TPSA) is 53.1 Å². The van der Waals surface area contributed by atoms with E-state index >= 15 is 0 Å². The summed E-state index contributed by atoms with van der Waals surface area (Å²) in [6.45, 7) is 6.44. The monoisotopic (exact) mass is 505 g/mol. The zero-order valence-corrected chi connectivity index (χ0v) is 22.7. The Kier molecular flexibility index (Phi) is 10.1. The third kappa shape index (κ3) is 7.65. The lowest BCUT2D eigenvalue weighted by molar-refractivity contribution is -0.116. The van der Waals surface area contributed by atoms with Crippen LogP contribution in [0.4, 0.5) is 5.69 Å². The summed E-state index contributed by atoms with van der Waals surface area (Å²) in [5.74, 6) is 0.0896. The standard InChI is InChI=1S/C31H43N3O3/c1-25(35)34-19-10-5-3-4-9-18-33(29-16-21-37-22-17-29)24-28-23-27(13-14-30(28)34)31(36)32(2)20-15-26-11-7-6-8-12-26/h6-8,11-14,23,29H,3-5,9-10,15-22,24H2,1-2H3. The molecule has 0 radical (unpaired) electrons. The molecule has 6 heteroatoms. The number of hydrogen-bond acceptors (Lipinski definition) is 4. The molecule has 2 aliphatic heterocycles. The third-order valence-corrected chi connectivity index (χ3v) is 7.83. The molecule has 2 amide bonds.